The third kappa shape index (κ3) is 4.70. The zero-order valence-corrected chi connectivity index (χ0v) is 14.7. The van der Waals surface area contributed by atoms with Crippen molar-refractivity contribution in [3.63, 3.8) is 0 Å². The molecule has 0 spiro atoms. The van der Waals surface area contributed by atoms with Crippen LogP contribution in [0.25, 0.3) is 0 Å². The molecule has 2 rings (SSSR count). The van der Waals surface area contributed by atoms with Crippen LogP contribution in [0.1, 0.15) is 43.9 Å². The lowest BCUT2D eigenvalue weighted by atomic mass is 9.85. The Kier molecular flexibility index (Phi) is 5.12. The van der Waals surface area contributed by atoms with Crippen LogP contribution in [0.15, 0.2) is 18.2 Å². The summed E-state index contributed by atoms with van der Waals surface area (Å²) >= 11 is 0. The Morgan fingerprint density at radius 1 is 1.09 bits per heavy atom. The lowest BCUT2D eigenvalue weighted by Crippen LogP contribution is -2.31. The van der Waals surface area contributed by atoms with Crippen molar-refractivity contribution < 1.29 is 13.2 Å². The molecule has 130 valence electrons. The van der Waals surface area contributed by atoms with Gasteiger partial charge in [-0.2, -0.15) is 13.2 Å². The van der Waals surface area contributed by atoms with Crippen molar-refractivity contribution in [2.24, 2.45) is 0 Å². The monoisotopic (exact) mass is 328 g/mol. The summed E-state index contributed by atoms with van der Waals surface area (Å²) in [6.07, 6.45) is -3.23. The first-order valence-electron chi connectivity index (χ1n) is 8.07. The summed E-state index contributed by atoms with van der Waals surface area (Å²) < 4.78 is 39.6. The van der Waals surface area contributed by atoms with Gasteiger partial charge in [0.25, 0.3) is 0 Å². The van der Waals surface area contributed by atoms with E-state index in [0.717, 1.165) is 30.6 Å². The second kappa shape index (κ2) is 6.44. The van der Waals surface area contributed by atoms with Crippen molar-refractivity contribution in [1.82, 2.24) is 9.80 Å². The van der Waals surface area contributed by atoms with Gasteiger partial charge in [0.1, 0.15) is 0 Å². The van der Waals surface area contributed by atoms with Gasteiger partial charge < -0.3 is 4.90 Å². The van der Waals surface area contributed by atoms with Crippen LogP contribution in [-0.4, -0.2) is 43.0 Å². The Balaban J connectivity index is 2.24. The number of rotatable bonds is 3. The zero-order valence-electron chi connectivity index (χ0n) is 14.7. The molecule has 0 aliphatic carbocycles. The van der Waals surface area contributed by atoms with Crippen LogP contribution >= 0.6 is 0 Å². The van der Waals surface area contributed by atoms with E-state index < -0.39 is 11.7 Å². The second-order valence-electron chi connectivity index (χ2n) is 7.81. The minimum Gasteiger partial charge on any atom is -0.305 e. The minimum atomic E-state index is -4.30. The average Bonchev–Trinajstić information content (AvgIpc) is 2.85. The molecule has 1 aromatic carbocycles. The molecule has 0 aromatic heterocycles. The first kappa shape index (κ1) is 18.3. The summed E-state index contributed by atoms with van der Waals surface area (Å²) in [4.78, 5) is 4.43. The average molecular weight is 328 g/mol. The largest absolute Gasteiger partial charge is 0.416 e. The fourth-order valence-corrected chi connectivity index (χ4v) is 3.02. The predicted octanol–water partition coefficient (Wildman–Crippen LogP) is 4.14. The number of likely N-dealkylation sites (tertiary alicyclic amines) is 1. The van der Waals surface area contributed by atoms with E-state index in [1.165, 1.54) is 12.1 Å². The predicted molar refractivity (Wildman–Crippen MR) is 87.5 cm³/mol. The third-order valence-electron chi connectivity index (χ3n) is 4.57. The van der Waals surface area contributed by atoms with Crippen molar-refractivity contribution >= 4 is 0 Å². The lowest BCUT2D eigenvalue weighted by Gasteiger charge is -2.24. The van der Waals surface area contributed by atoms with E-state index in [-0.39, 0.29) is 5.41 Å². The number of hydrogen-bond acceptors (Lipinski definition) is 2. The molecular formula is C18H27F3N2. The summed E-state index contributed by atoms with van der Waals surface area (Å²) in [5.41, 5.74) is 0.658. The number of nitrogens with zero attached hydrogens (tertiary/aromatic N) is 2. The normalized spacial score (nSPS) is 20.5. The maximum absolute atomic E-state index is 13.2. The smallest absolute Gasteiger partial charge is 0.305 e. The number of halogens is 3. The molecule has 23 heavy (non-hydrogen) atoms. The summed E-state index contributed by atoms with van der Waals surface area (Å²) in [6.45, 7) is 8.27. The van der Waals surface area contributed by atoms with Crippen LogP contribution in [0, 0.1) is 0 Å². The topological polar surface area (TPSA) is 6.48 Å². The Bertz CT molecular complexity index is 512. The summed E-state index contributed by atoms with van der Waals surface area (Å²) in [5.74, 6) is 0. The molecule has 0 amide bonds. The molecule has 0 radical (unpaired) electrons. The van der Waals surface area contributed by atoms with Gasteiger partial charge in [0.15, 0.2) is 0 Å². The van der Waals surface area contributed by atoms with Gasteiger partial charge in [0.05, 0.1) is 5.56 Å². The van der Waals surface area contributed by atoms with Gasteiger partial charge in [0.2, 0.25) is 0 Å². The lowest BCUT2D eigenvalue weighted by molar-refractivity contribution is -0.137. The first-order chi connectivity index (χ1) is 10.5. The quantitative estimate of drug-likeness (QED) is 0.823. The molecule has 1 aliphatic heterocycles. The van der Waals surface area contributed by atoms with Gasteiger partial charge >= 0.3 is 6.18 Å². The van der Waals surface area contributed by atoms with Crippen molar-refractivity contribution in [2.75, 3.05) is 27.2 Å². The first-order valence-corrected chi connectivity index (χ1v) is 8.07. The summed E-state index contributed by atoms with van der Waals surface area (Å²) in [7, 11) is 4.10. The SMILES string of the molecule is CN(C)[C@@H]1CCN(Cc2cc(C(C)(C)C)cc(C(F)(F)F)c2)C1. The Hall–Kier alpha value is -1.07. The van der Waals surface area contributed by atoms with Gasteiger partial charge in [-0.3, -0.25) is 4.90 Å². The molecule has 0 bridgehead atoms. The molecule has 2 nitrogen and oxygen atoms in total. The third-order valence-corrected chi connectivity index (χ3v) is 4.57. The Labute approximate surface area is 137 Å². The summed E-state index contributed by atoms with van der Waals surface area (Å²) in [5, 5.41) is 0. The number of alkyl halides is 3. The molecular weight excluding hydrogens is 301 g/mol. The van der Waals surface area contributed by atoms with E-state index in [9.17, 15) is 13.2 Å². The van der Waals surface area contributed by atoms with Crippen molar-refractivity contribution in [3.8, 4) is 0 Å². The van der Waals surface area contributed by atoms with Gasteiger partial charge in [-0.1, -0.05) is 26.8 Å². The van der Waals surface area contributed by atoms with Crippen LogP contribution in [0.3, 0.4) is 0 Å². The molecule has 0 N–H and O–H groups in total. The van der Waals surface area contributed by atoms with Crippen molar-refractivity contribution in [3.05, 3.63) is 34.9 Å². The standard InChI is InChI=1S/C18H27F3N2/c1-17(2,3)14-8-13(9-15(10-14)18(19,20)21)11-23-7-6-16(12-23)22(4)5/h8-10,16H,6-7,11-12H2,1-5H3/t16-/m1/s1. The molecule has 0 saturated carbocycles. The number of hydrogen-bond donors (Lipinski definition) is 0. The molecule has 1 atom stereocenters. The van der Waals surface area contributed by atoms with Gasteiger partial charge in [-0.05, 0) is 49.2 Å². The highest BCUT2D eigenvalue weighted by molar-refractivity contribution is 5.35. The zero-order chi connectivity index (χ0) is 17.4. The minimum absolute atomic E-state index is 0.298. The van der Waals surface area contributed by atoms with Crippen molar-refractivity contribution in [2.45, 2.75) is 51.4 Å². The van der Waals surface area contributed by atoms with E-state index in [1.807, 2.05) is 26.8 Å². The Morgan fingerprint density at radius 2 is 1.70 bits per heavy atom. The van der Waals surface area contributed by atoms with E-state index in [4.69, 9.17) is 0 Å². The summed E-state index contributed by atoms with van der Waals surface area (Å²) in [6, 6.07) is 5.01. The highest BCUT2D eigenvalue weighted by Gasteiger charge is 2.33. The van der Waals surface area contributed by atoms with Gasteiger partial charge in [0, 0.05) is 25.7 Å². The molecule has 1 aliphatic rings. The van der Waals surface area contributed by atoms with Crippen LogP contribution in [0.4, 0.5) is 13.2 Å². The van der Waals surface area contributed by atoms with E-state index in [1.54, 1.807) is 0 Å². The maximum Gasteiger partial charge on any atom is 0.416 e. The van der Waals surface area contributed by atoms with Crippen LogP contribution in [0.2, 0.25) is 0 Å². The Morgan fingerprint density at radius 3 is 2.17 bits per heavy atom. The van der Waals surface area contributed by atoms with Crippen LogP contribution in [-0.2, 0) is 18.1 Å². The molecule has 1 heterocycles. The molecule has 0 unspecified atom stereocenters. The second-order valence-corrected chi connectivity index (χ2v) is 7.81. The van der Waals surface area contributed by atoms with E-state index in [2.05, 4.69) is 23.9 Å². The molecule has 1 aromatic rings. The number of likely N-dealkylation sites (N-methyl/N-ethyl adjacent to an activating group) is 1. The maximum atomic E-state index is 13.2. The highest BCUT2D eigenvalue weighted by Crippen LogP contribution is 2.34. The van der Waals surface area contributed by atoms with Crippen LogP contribution in [0.5, 0.6) is 0 Å². The highest BCUT2D eigenvalue weighted by atomic mass is 19.4. The van der Waals surface area contributed by atoms with E-state index >= 15 is 0 Å². The van der Waals surface area contributed by atoms with Gasteiger partial charge in [-0.25, -0.2) is 0 Å². The fourth-order valence-electron chi connectivity index (χ4n) is 3.02. The molecule has 5 heteroatoms. The van der Waals surface area contributed by atoms with Crippen LogP contribution < -0.4 is 0 Å². The molecule has 1 fully saturated rings. The molecule has 1 saturated heterocycles. The van der Waals surface area contributed by atoms with Gasteiger partial charge in [-0.15, -0.1) is 0 Å². The fraction of sp³-hybridized carbons (Fsp3) is 0.667. The van der Waals surface area contributed by atoms with E-state index in [0.29, 0.717) is 12.6 Å². The van der Waals surface area contributed by atoms with Crippen molar-refractivity contribution in [1.29, 1.82) is 0 Å². The number of benzene rings is 1.